The molecule has 0 aliphatic carbocycles. The van der Waals surface area contributed by atoms with Crippen molar-refractivity contribution in [3.05, 3.63) is 30.6 Å². The highest BCUT2D eigenvalue weighted by atomic mass is 79.9. The van der Waals surface area contributed by atoms with Crippen LogP contribution in [0.3, 0.4) is 0 Å². The predicted molar refractivity (Wildman–Crippen MR) is 53.3 cm³/mol. The summed E-state index contributed by atoms with van der Waals surface area (Å²) in [6.45, 7) is 1.75. The van der Waals surface area contributed by atoms with E-state index in [1.165, 1.54) is 0 Å². The van der Waals surface area contributed by atoms with Crippen LogP contribution in [0.4, 0.5) is 0 Å². The minimum absolute atomic E-state index is 0. The van der Waals surface area contributed by atoms with Gasteiger partial charge < -0.3 is 28.0 Å². The Morgan fingerprint density at radius 2 is 1.93 bits per heavy atom. The summed E-state index contributed by atoms with van der Waals surface area (Å²) in [5.74, 6) is 0.0480. The molecule has 0 saturated heterocycles. The van der Waals surface area contributed by atoms with Crippen LogP contribution in [-0.4, -0.2) is 19.0 Å². The summed E-state index contributed by atoms with van der Waals surface area (Å²) < 4.78 is 1.97. The van der Waals surface area contributed by atoms with E-state index in [-0.39, 0.29) is 22.9 Å². The third-order valence-corrected chi connectivity index (χ3v) is 1.84. The Morgan fingerprint density at radius 3 is 2.53 bits per heavy atom. The fraction of sp³-hybridized carbons (Fsp3) is 0.400. The standard InChI is InChI=1S/C10H15N3O.BrH/c11-5-6-12-10(14)4-9-13-7-2-1-3-8-13;/h1-3,7-8H,4-6,9,11H2;1H. The number of nitrogens with zero attached hydrogens (tertiary/aromatic N) is 1. The molecule has 84 valence electrons. The maximum absolute atomic E-state index is 11.2. The smallest absolute Gasteiger partial charge is 0.226 e. The number of aromatic nitrogens is 1. The average molecular weight is 274 g/mol. The lowest BCUT2D eigenvalue weighted by atomic mass is 10.3. The molecule has 0 atom stereocenters. The van der Waals surface area contributed by atoms with E-state index in [1.807, 2.05) is 35.2 Å². The summed E-state index contributed by atoms with van der Waals surface area (Å²) >= 11 is 0. The van der Waals surface area contributed by atoms with E-state index >= 15 is 0 Å². The van der Waals surface area contributed by atoms with E-state index in [1.54, 1.807) is 0 Å². The molecule has 1 rings (SSSR count). The second-order valence-corrected chi connectivity index (χ2v) is 3.00. The molecule has 4 nitrogen and oxygen atoms in total. The third-order valence-electron chi connectivity index (χ3n) is 1.84. The monoisotopic (exact) mass is 273 g/mol. The van der Waals surface area contributed by atoms with Gasteiger partial charge in [0.15, 0.2) is 18.9 Å². The van der Waals surface area contributed by atoms with E-state index < -0.39 is 0 Å². The summed E-state index contributed by atoms with van der Waals surface area (Å²) in [6, 6.07) is 5.83. The van der Waals surface area contributed by atoms with Crippen molar-refractivity contribution >= 4 is 5.91 Å². The number of pyridine rings is 1. The lowest BCUT2D eigenvalue weighted by molar-refractivity contribution is -0.695. The Hall–Kier alpha value is -0.940. The van der Waals surface area contributed by atoms with Gasteiger partial charge in [0.2, 0.25) is 5.91 Å². The van der Waals surface area contributed by atoms with Gasteiger partial charge in [-0.3, -0.25) is 4.79 Å². The zero-order valence-corrected chi connectivity index (χ0v) is 10.1. The van der Waals surface area contributed by atoms with Gasteiger partial charge in [-0.15, -0.1) is 0 Å². The molecule has 0 aliphatic heterocycles. The minimum atomic E-state index is 0. The number of amides is 1. The van der Waals surface area contributed by atoms with Crippen molar-refractivity contribution in [1.82, 2.24) is 5.32 Å². The fourth-order valence-corrected chi connectivity index (χ4v) is 1.11. The molecule has 1 aromatic heterocycles. The SMILES string of the molecule is NCCNC(=O)CC[n+]1ccccc1.[Br-]. The molecule has 5 heteroatoms. The number of hydrogen-bond donors (Lipinski definition) is 2. The molecule has 0 aliphatic rings. The van der Waals surface area contributed by atoms with Crippen molar-refractivity contribution in [2.45, 2.75) is 13.0 Å². The number of rotatable bonds is 5. The Morgan fingerprint density at radius 1 is 1.27 bits per heavy atom. The number of nitrogens with one attached hydrogen (secondary N) is 1. The van der Waals surface area contributed by atoms with Crippen LogP contribution in [0.1, 0.15) is 6.42 Å². The van der Waals surface area contributed by atoms with Gasteiger partial charge in [0.25, 0.3) is 0 Å². The molecule has 15 heavy (non-hydrogen) atoms. The number of nitrogens with two attached hydrogens (primary N) is 1. The normalized spacial score (nSPS) is 9.13. The van der Waals surface area contributed by atoms with Gasteiger partial charge in [-0.2, -0.15) is 0 Å². The highest BCUT2D eigenvalue weighted by Gasteiger charge is 2.04. The van der Waals surface area contributed by atoms with E-state index in [9.17, 15) is 4.79 Å². The lowest BCUT2D eigenvalue weighted by Crippen LogP contribution is -3.00. The summed E-state index contributed by atoms with van der Waals surface area (Å²) in [6.07, 6.45) is 4.38. The second-order valence-electron chi connectivity index (χ2n) is 3.00. The first kappa shape index (κ1) is 14.1. The molecule has 1 amide bonds. The first-order chi connectivity index (χ1) is 6.83. The predicted octanol–water partition coefficient (Wildman–Crippen LogP) is -3.56. The van der Waals surface area contributed by atoms with Crippen molar-refractivity contribution < 1.29 is 26.3 Å². The largest absolute Gasteiger partial charge is 1.00 e. The second kappa shape index (κ2) is 8.38. The van der Waals surface area contributed by atoms with Crippen LogP contribution in [0.25, 0.3) is 0 Å². The van der Waals surface area contributed by atoms with Crippen LogP contribution >= 0.6 is 0 Å². The fourth-order valence-electron chi connectivity index (χ4n) is 1.11. The van der Waals surface area contributed by atoms with Gasteiger partial charge in [0.1, 0.15) is 0 Å². The van der Waals surface area contributed by atoms with Crippen LogP contribution in [0, 0.1) is 0 Å². The minimum Gasteiger partial charge on any atom is -1.00 e. The van der Waals surface area contributed by atoms with Crippen LogP contribution in [0.5, 0.6) is 0 Å². The molecule has 3 N–H and O–H groups in total. The molecule has 0 fully saturated rings. The number of carbonyl (C=O) groups excluding carboxylic acids is 1. The van der Waals surface area contributed by atoms with Crippen LogP contribution in [0.15, 0.2) is 30.6 Å². The van der Waals surface area contributed by atoms with E-state index in [0.29, 0.717) is 26.1 Å². The molecule has 0 radical (unpaired) electrons. The average Bonchev–Trinajstić information content (AvgIpc) is 2.25. The molecule has 0 spiro atoms. The van der Waals surface area contributed by atoms with Crippen LogP contribution in [0.2, 0.25) is 0 Å². The summed E-state index contributed by atoms with van der Waals surface area (Å²) in [5.41, 5.74) is 5.26. The molecule has 1 aromatic rings. The molecule has 0 bridgehead atoms. The van der Waals surface area contributed by atoms with Gasteiger partial charge in [-0.1, -0.05) is 6.07 Å². The quantitative estimate of drug-likeness (QED) is 0.546. The maximum atomic E-state index is 11.2. The molecule has 0 aromatic carbocycles. The van der Waals surface area contributed by atoms with Gasteiger partial charge in [0.05, 0.1) is 6.42 Å². The van der Waals surface area contributed by atoms with Crippen molar-refractivity contribution in [1.29, 1.82) is 0 Å². The summed E-state index contributed by atoms with van der Waals surface area (Å²) in [4.78, 5) is 11.2. The van der Waals surface area contributed by atoms with E-state index in [4.69, 9.17) is 5.73 Å². The Balaban J connectivity index is 0.00000196. The molecule has 1 heterocycles. The van der Waals surface area contributed by atoms with Crippen molar-refractivity contribution in [3.8, 4) is 0 Å². The van der Waals surface area contributed by atoms with Crippen molar-refractivity contribution in [2.24, 2.45) is 5.73 Å². The van der Waals surface area contributed by atoms with Crippen LogP contribution in [-0.2, 0) is 11.3 Å². The van der Waals surface area contributed by atoms with Gasteiger partial charge in [-0.25, -0.2) is 4.57 Å². The maximum Gasteiger partial charge on any atom is 0.226 e. The zero-order valence-electron chi connectivity index (χ0n) is 8.53. The van der Waals surface area contributed by atoms with Crippen molar-refractivity contribution in [2.75, 3.05) is 13.1 Å². The lowest BCUT2D eigenvalue weighted by Gasteiger charge is -2.00. The number of aryl methyl sites for hydroxylation is 1. The third kappa shape index (κ3) is 6.19. The number of carbonyl (C=O) groups is 1. The summed E-state index contributed by atoms with van der Waals surface area (Å²) in [7, 11) is 0. The first-order valence-electron chi connectivity index (χ1n) is 4.74. The molecular formula is C10H16BrN3O. The highest BCUT2D eigenvalue weighted by molar-refractivity contribution is 5.75. The Labute approximate surface area is 100 Å². The molecule has 0 saturated carbocycles. The number of hydrogen-bond acceptors (Lipinski definition) is 2. The van der Waals surface area contributed by atoms with Gasteiger partial charge >= 0.3 is 0 Å². The number of halogens is 1. The Kier molecular flexibility index (Phi) is 7.85. The zero-order chi connectivity index (χ0) is 10.2. The van der Waals surface area contributed by atoms with E-state index in [2.05, 4.69) is 5.32 Å². The topological polar surface area (TPSA) is 59.0 Å². The van der Waals surface area contributed by atoms with Crippen molar-refractivity contribution in [3.63, 3.8) is 0 Å². The molecular weight excluding hydrogens is 258 g/mol. The van der Waals surface area contributed by atoms with Gasteiger partial charge in [-0.05, 0) is 0 Å². The first-order valence-corrected chi connectivity index (χ1v) is 4.74. The summed E-state index contributed by atoms with van der Waals surface area (Å²) in [5, 5.41) is 2.73. The van der Waals surface area contributed by atoms with Crippen LogP contribution < -0.4 is 32.6 Å². The molecule has 0 unspecified atom stereocenters. The van der Waals surface area contributed by atoms with E-state index in [0.717, 1.165) is 0 Å². The Bertz CT molecular complexity index is 279. The highest BCUT2D eigenvalue weighted by Crippen LogP contribution is 1.82. The van der Waals surface area contributed by atoms with Gasteiger partial charge in [0, 0.05) is 25.2 Å².